The van der Waals surface area contributed by atoms with Gasteiger partial charge >= 0.3 is 0 Å². The van der Waals surface area contributed by atoms with Gasteiger partial charge in [0.15, 0.2) is 17.3 Å². The van der Waals surface area contributed by atoms with Gasteiger partial charge in [-0.05, 0) is 23.8 Å². The Bertz CT molecular complexity index is 372. The van der Waals surface area contributed by atoms with Crippen molar-refractivity contribution in [1.29, 1.82) is 0 Å². The van der Waals surface area contributed by atoms with E-state index in [2.05, 4.69) is 0 Å². The third kappa shape index (κ3) is 2.60. The Labute approximate surface area is 81.3 Å². The first kappa shape index (κ1) is 10.3. The zero-order valence-corrected chi connectivity index (χ0v) is 7.47. The minimum Gasteiger partial charge on any atom is -0.504 e. The molecule has 4 heteroatoms. The van der Waals surface area contributed by atoms with Gasteiger partial charge in [-0.15, -0.1) is 0 Å². The van der Waals surface area contributed by atoms with Crippen LogP contribution in [0.5, 0.6) is 11.5 Å². The summed E-state index contributed by atoms with van der Waals surface area (Å²) in [5.74, 6) is -0.600. The highest BCUT2D eigenvalue weighted by Gasteiger charge is 1.98. The largest absolute Gasteiger partial charge is 0.504 e. The summed E-state index contributed by atoms with van der Waals surface area (Å²) in [6, 6.07) is 4.28. The van der Waals surface area contributed by atoms with Crippen LogP contribution in [0.2, 0.25) is 0 Å². The standard InChI is InChI=1S/C10H11NO3/c11-6-8(12)3-1-7-2-4-9(13)10(14)5-7/h1-5,13-14H,6,11H2/b3-1+. The summed E-state index contributed by atoms with van der Waals surface area (Å²) in [4.78, 5) is 10.8. The van der Waals surface area contributed by atoms with Gasteiger partial charge in [0.25, 0.3) is 0 Å². The molecule has 0 aromatic heterocycles. The molecule has 1 aromatic carbocycles. The summed E-state index contributed by atoms with van der Waals surface area (Å²) in [5, 5.41) is 18.1. The van der Waals surface area contributed by atoms with Crippen molar-refractivity contribution in [2.75, 3.05) is 6.54 Å². The molecule has 0 saturated carbocycles. The average molecular weight is 193 g/mol. The van der Waals surface area contributed by atoms with Gasteiger partial charge in [-0.25, -0.2) is 0 Å². The van der Waals surface area contributed by atoms with Gasteiger partial charge < -0.3 is 15.9 Å². The molecule has 0 fully saturated rings. The van der Waals surface area contributed by atoms with Gasteiger partial charge in [0, 0.05) is 0 Å². The number of ketones is 1. The summed E-state index contributed by atoms with van der Waals surface area (Å²) in [6.07, 6.45) is 2.85. The molecule has 0 radical (unpaired) electrons. The lowest BCUT2D eigenvalue weighted by Crippen LogP contribution is -2.09. The van der Waals surface area contributed by atoms with Crippen LogP contribution in [0.15, 0.2) is 24.3 Å². The van der Waals surface area contributed by atoms with Crippen LogP contribution in [0.1, 0.15) is 5.56 Å². The first-order valence-electron chi connectivity index (χ1n) is 4.06. The van der Waals surface area contributed by atoms with Crippen molar-refractivity contribution in [3.63, 3.8) is 0 Å². The zero-order chi connectivity index (χ0) is 10.6. The summed E-state index contributed by atoms with van der Waals surface area (Å²) >= 11 is 0. The monoisotopic (exact) mass is 193 g/mol. The Morgan fingerprint density at radius 1 is 1.36 bits per heavy atom. The second-order valence-electron chi connectivity index (χ2n) is 2.75. The number of hydrogen-bond donors (Lipinski definition) is 3. The van der Waals surface area contributed by atoms with Gasteiger partial charge in [-0.1, -0.05) is 12.1 Å². The lowest BCUT2D eigenvalue weighted by Gasteiger charge is -1.97. The number of nitrogens with two attached hydrogens (primary N) is 1. The molecule has 4 N–H and O–H groups in total. The maximum atomic E-state index is 10.8. The third-order valence-corrected chi connectivity index (χ3v) is 1.66. The van der Waals surface area contributed by atoms with E-state index in [1.54, 1.807) is 6.07 Å². The van der Waals surface area contributed by atoms with Crippen LogP contribution in [0.4, 0.5) is 0 Å². The van der Waals surface area contributed by atoms with Crippen molar-refractivity contribution in [3.8, 4) is 11.5 Å². The molecule has 0 spiro atoms. The van der Waals surface area contributed by atoms with E-state index in [1.165, 1.54) is 24.3 Å². The molecule has 0 amide bonds. The molecule has 0 bridgehead atoms. The summed E-state index contributed by atoms with van der Waals surface area (Å²) < 4.78 is 0. The number of benzene rings is 1. The molecule has 0 aliphatic carbocycles. The molecule has 1 rings (SSSR count). The van der Waals surface area contributed by atoms with Crippen molar-refractivity contribution in [2.45, 2.75) is 0 Å². The van der Waals surface area contributed by atoms with Crippen LogP contribution in [-0.2, 0) is 4.79 Å². The predicted octanol–water partition coefficient (Wildman–Crippen LogP) is 0.639. The molecule has 0 aliphatic heterocycles. The molecular weight excluding hydrogens is 182 g/mol. The quantitative estimate of drug-likeness (QED) is 0.486. The molecule has 0 unspecified atom stereocenters. The van der Waals surface area contributed by atoms with Crippen LogP contribution in [-0.4, -0.2) is 22.5 Å². The van der Waals surface area contributed by atoms with E-state index in [0.717, 1.165) is 0 Å². The van der Waals surface area contributed by atoms with Crippen molar-refractivity contribution >= 4 is 11.9 Å². The number of hydrogen-bond acceptors (Lipinski definition) is 4. The van der Waals surface area contributed by atoms with E-state index < -0.39 is 0 Å². The van der Waals surface area contributed by atoms with Gasteiger partial charge in [0.2, 0.25) is 0 Å². The van der Waals surface area contributed by atoms with Gasteiger partial charge in [0.1, 0.15) is 0 Å². The van der Waals surface area contributed by atoms with Crippen LogP contribution in [0, 0.1) is 0 Å². The number of carbonyl (C=O) groups is 1. The second-order valence-corrected chi connectivity index (χ2v) is 2.75. The second kappa shape index (κ2) is 4.43. The van der Waals surface area contributed by atoms with Crippen LogP contribution in [0.3, 0.4) is 0 Å². The summed E-state index contributed by atoms with van der Waals surface area (Å²) in [7, 11) is 0. The van der Waals surface area contributed by atoms with E-state index in [0.29, 0.717) is 5.56 Å². The average Bonchev–Trinajstić information content (AvgIpc) is 2.19. The third-order valence-electron chi connectivity index (χ3n) is 1.66. The van der Waals surface area contributed by atoms with Gasteiger partial charge in [0.05, 0.1) is 6.54 Å². The SMILES string of the molecule is NCC(=O)/C=C/c1ccc(O)c(O)c1. The fourth-order valence-corrected chi connectivity index (χ4v) is 0.901. The molecule has 1 aromatic rings. The Hall–Kier alpha value is -1.81. The predicted molar refractivity (Wildman–Crippen MR) is 52.9 cm³/mol. The highest BCUT2D eigenvalue weighted by molar-refractivity contribution is 5.94. The van der Waals surface area contributed by atoms with Crippen LogP contribution in [0.25, 0.3) is 6.08 Å². The lowest BCUT2D eigenvalue weighted by atomic mass is 10.2. The fraction of sp³-hybridized carbons (Fsp3) is 0.100. The first-order chi connectivity index (χ1) is 6.63. The molecule has 0 atom stereocenters. The van der Waals surface area contributed by atoms with Crippen molar-refractivity contribution in [1.82, 2.24) is 0 Å². The maximum Gasteiger partial charge on any atom is 0.169 e. The smallest absolute Gasteiger partial charge is 0.169 e. The van der Waals surface area contributed by atoms with E-state index in [1.807, 2.05) is 0 Å². The highest BCUT2D eigenvalue weighted by atomic mass is 16.3. The van der Waals surface area contributed by atoms with E-state index in [-0.39, 0.29) is 23.8 Å². The fourth-order valence-electron chi connectivity index (χ4n) is 0.901. The number of carbonyl (C=O) groups excluding carboxylic acids is 1. The molecule has 14 heavy (non-hydrogen) atoms. The van der Waals surface area contributed by atoms with Crippen molar-refractivity contribution < 1.29 is 15.0 Å². The first-order valence-corrected chi connectivity index (χ1v) is 4.06. The molecular formula is C10H11NO3. The summed E-state index contributed by atoms with van der Waals surface area (Å²) in [6.45, 7) is -0.0411. The normalized spacial score (nSPS) is 10.6. The van der Waals surface area contributed by atoms with Gasteiger partial charge in [-0.3, -0.25) is 4.79 Å². The minimum absolute atomic E-state index is 0.0411. The summed E-state index contributed by atoms with van der Waals surface area (Å²) in [5.41, 5.74) is 5.73. The zero-order valence-electron chi connectivity index (χ0n) is 7.47. The van der Waals surface area contributed by atoms with Crippen LogP contribution < -0.4 is 5.73 Å². The van der Waals surface area contributed by atoms with E-state index in [9.17, 15) is 4.79 Å². The van der Waals surface area contributed by atoms with E-state index in [4.69, 9.17) is 15.9 Å². The molecule has 0 saturated heterocycles. The Balaban J connectivity index is 2.83. The number of rotatable bonds is 3. The van der Waals surface area contributed by atoms with Crippen molar-refractivity contribution in [3.05, 3.63) is 29.8 Å². The number of phenols is 2. The maximum absolute atomic E-state index is 10.8. The molecule has 0 aliphatic rings. The van der Waals surface area contributed by atoms with E-state index >= 15 is 0 Å². The molecule has 4 nitrogen and oxygen atoms in total. The minimum atomic E-state index is -0.215. The number of phenolic OH excluding ortho intramolecular Hbond substituents is 2. The number of aromatic hydroxyl groups is 2. The topological polar surface area (TPSA) is 83.6 Å². The molecule has 74 valence electrons. The highest BCUT2D eigenvalue weighted by Crippen LogP contribution is 2.25. The Kier molecular flexibility index (Phi) is 3.25. The van der Waals surface area contributed by atoms with Crippen LogP contribution >= 0.6 is 0 Å². The van der Waals surface area contributed by atoms with Crippen molar-refractivity contribution in [2.24, 2.45) is 5.73 Å². The lowest BCUT2D eigenvalue weighted by molar-refractivity contribution is -0.113. The van der Waals surface area contributed by atoms with Gasteiger partial charge in [-0.2, -0.15) is 0 Å². The Morgan fingerprint density at radius 3 is 2.64 bits per heavy atom. The molecule has 0 heterocycles. The Morgan fingerprint density at radius 2 is 2.07 bits per heavy atom.